The molecule has 0 aliphatic heterocycles. The van der Waals surface area contributed by atoms with E-state index in [4.69, 9.17) is 0 Å². The van der Waals surface area contributed by atoms with E-state index in [1.54, 1.807) is 0 Å². The van der Waals surface area contributed by atoms with Gasteiger partial charge in [-0.1, -0.05) is 86.1 Å². The summed E-state index contributed by atoms with van der Waals surface area (Å²) in [6.07, 6.45) is 15.0. The molecule has 0 aliphatic carbocycles. The number of nitrogens with one attached hydrogen (secondary N) is 1. The molecule has 0 aromatic heterocycles. The summed E-state index contributed by atoms with van der Waals surface area (Å²) in [5.74, 6) is 2.56. The number of hydrogen-bond acceptors (Lipinski definition) is 1. The predicted octanol–water partition coefficient (Wildman–Crippen LogP) is 7.33. The highest BCUT2D eigenvalue weighted by molar-refractivity contribution is 4.90. The number of rotatable bonds is 16. The molecule has 1 unspecified atom stereocenters. The Hall–Kier alpha value is -0.460. The van der Waals surface area contributed by atoms with Crippen LogP contribution < -0.4 is 5.32 Å². The van der Waals surface area contributed by atoms with Gasteiger partial charge in [0.15, 0.2) is 0 Å². The first-order valence-electron chi connectivity index (χ1n) is 10.3. The number of unbranched alkanes of at least 4 members (excludes halogenated alkanes) is 6. The molecule has 0 aliphatic rings. The fraction of sp³-hybridized carbons (Fsp3) is 0.909. The zero-order chi connectivity index (χ0) is 17.5. The van der Waals surface area contributed by atoms with E-state index in [1.807, 2.05) is 0 Å². The van der Waals surface area contributed by atoms with Gasteiger partial charge in [-0.25, -0.2) is 0 Å². The summed E-state index contributed by atoms with van der Waals surface area (Å²) in [5, 5.41) is 3.48. The summed E-state index contributed by atoms with van der Waals surface area (Å²) in [7, 11) is 0. The van der Waals surface area contributed by atoms with Crippen LogP contribution in [0.15, 0.2) is 12.3 Å². The largest absolute Gasteiger partial charge is 0.389 e. The molecule has 0 spiro atoms. The van der Waals surface area contributed by atoms with Crippen LogP contribution in [0.5, 0.6) is 0 Å². The van der Waals surface area contributed by atoms with Crippen LogP contribution in [0.4, 0.5) is 0 Å². The molecule has 1 nitrogen and oxygen atoms in total. The minimum Gasteiger partial charge on any atom is -0.389 e. The van der Waals surface area contributed by atoms with Crippen molar-refractivity contribution in [2.75, 3.05) is 6.54 Å². The maximum atomic E-state index is 4.12. The van der Waals surface area contributed by atoms with Crippen molar-refractivity contribution in [2.45, 2.75) is 105 Å². The number of allylic oxidation sites excluding steroid dienone is 1. The monoisotopic (exact) mass is 323 g/mol. The molecular weight excluding hydrogens is 278 g/mol. The van der Waals surface area contributed by atoms with Crippen LogP contribution in [-0.4, -0.2) is 6.54 Å². The van der Waals surface area contributed by atoms with E-state index in [9.17, 15) is 0 Å². The van der Waals surface area contributed by atoms with Crippen molar-refractivity contribution >= 4 is 0 Å². The van der Waals surface area contributed by atoms with Gasteiger partial charge in [-0.05, 0) is 43.4 Å². The Morgan fingerprint density at radius 3 is 1.87 bits per heavy atom. The van der Waals surface area contributed by atoms with Crippen LogP contribution in [-0.2, 0) is 0 Å². The molecule has 0 saturated carbocycles. The molecule has 0 amide bonds. The maximum Gasteiger partial charge on any atom is 0.0143 e. The lowest BCUT2D eigenvalue weighted by Crippen LogP contribution is -2.14. The van der Waals surface area contributed by atoms with Crippen molar-refractivity contribution in [2.24, 2.45) is 17.8 Å². The lowest BCUT2D eigenvalue weighted by molar-refractivity contribution is 0.397. The first-order chi connectivity index (χ1) is 10.9. The van der Waals surface area contributed by atoms with Crippen LogP contribution in [0.3, 0.4) is 0 Å². The topological polar surface area (TPSA) is 12.0 Å². The first kappa shape index (κ1) is 22.5. The molecule has 0 saturated heterocycles. The van der Waals surface area contributed by atoms with E-state index in [0.717, 1.165) is 30.7 Å². The SMILES string of the molecule is C=C(CCC(C)C)NCCCCCCCCCC(C)CC(C)C. The molecule has 1 heteroatoms. The smallest absolute Gasteiger partial charge is 0.0143 e. The lowest BCUT2D eigenvalue weighted by Gasteiger charge is -2.13. The molecule has 0 rings (SSSR count). The summed E-state index contributed by atoms with van der Waals surface area (Å²) in [5.41, 5.74) is 1.23. The molecule has 1 N–H and O–H groups in total. The Bertz CT molecular complexity index is 267. The predicted molar refractivity (Wildman–Crippen MR) is 107 cm³/mol. The van der Waals surface area contributed by atoms with Gasteiger partial charge < -0.3 is 5.32 Å². The molecule has 0 radical (unpaired) electrons. The average Bonchev–Trinajstić information content (AvgIpc) is 2.46. The van der Waals surface area contributed by atoms with E-state index < -0.39 is 0 Å². The van der Waals surface area contributed by atoms with Crippen LogP contribution in [0, 0.1) is 17.8 Å². The second kappa shape index (κ2) is 15.1. The highest BCUT2D eigenvalue weighted by atomic mass is 14.9. The fourth-order valence-corrected chi connectivity index (χ4v) is 3.24. The highest BCUT2D eigenvalue weighted by Gasteiger charge is 2.04. The summed E-state index contributed by atoms with van der Waals surface area (Å²) in [6, 6.07) is 0. The van der Waals surface area contributed by atoms with Crippen molar-refractivity contribution < 1.29 is 0 Å². The van der Waals surface area contributed by atoms with Gasteiger partial charge in [0.2, 0.25) is 0 Å². The van der Waals surface area contributed by atoms with Gasteiger partial charge >= 0.3 is 0 Å². The van der Waals surface area contributed by atoms with Gasteiger partial charge in [0.05, 0.1) is 0 Å². The second-order valence-corrected chi connectivity index (χ2v) is 8.46. The lowest BCUT2D eigenvalue weighted by atomic mass is 9.93. The van der Waals surface area contributed by atoms with Crippen molar-refractivity contribution in [1.82, 2.24) is 5.32 Å². The normalized spacial score (nSPS) is 12.8. The third kappa shape index (κ3) is 17.7. The quantitative estimate of drug-likeness (QED) is 0.293. The molecule has 0 aromatic rings. The van der Waals surface area contributed by atoms with Crippen molar-refractivity contribution in [3.8, 4) is 0 Å². The van der Waals surface area contributed by atoms with Gasteiger partial charge in [0, 0.05) is 12.2 Å². The molecule has 0 heterocycles. The van der Waals surface area contributed by atoms with Gasteiger partial charge in [0.25, 0.3) is 0 Å². The highest BCUT2D eigenvalue weighted by Crippen LogP contribution is 2.18. The third-order valence-corrected chi connectivity index (χ3v) is 4.65. The fourth-order valence-electron chi connectivity index (χ4n) is 3.24. The molecule has 0 bridgehead atoms. The first-order valence-corrected chi connectivity index (χ1v) is 10.3. The minimum absolute atomic E-state index is 0.780. The van der Waals surface area contributed by atoms with E-state index in [1.165, 1.54) is 69.9 Å². The maximum absolute atomic E-state index is 4.12. The van der Waals surface area contributed by atoms with E-state index in [-0.39, 0.29) is 0 Å². The van der Waals surface area contributed by atoms with Crippen LogP contribution in [0.1, 0.15) is 105 Å². The van der Waals surface area contributed by atoms with E-state index in [2.05, 4.69) is 46.5 Å². The minimum atomic E-state index is 0.780. The van der Waals surface area contributed by atoms with Gasteiger partial charge in [-0.3, -0.25) is 0 Å². The van der Waals surface area contributed by atoms with Crippen LogP contribution in [0.25, 0.3) is 0 Å². The van der Waals surface area contributed by atoms with Crippen molar-refractivity contribution in [1.29, 1.82) is 0 Å². The van der Waals surface area contributed by atoms with E-state index >= 15 is 0 Å². The van der Waals surface area contributed by atoms with Crippen molar-refractivity contribution in [3.05, 3.63) is 12.3 Å². The Labute approximate surface area is 147 Å². The zero-order valence-corrected chi connectivity index (χ0v) is 16.9. The Kier molecular flexibility index (Phi) is 14.8. The summed E-state index contributed by atoms with van der Waals surface area (Å²) in [6.45, 7) is 16.9. The Balaban J connectivity index is 3.23. The van der Waals surface area contributed by atoms with Gasteiger partial charge in [0.1, 0.15) is 0 Å². The van der Waals surface area contributed by atoms with Crippen molar-refractivity contribution in [3.63, 3.8) is 0 Å². The number of hydrogen-bond donors (Lipinski definition) is 1. The van der Waals surface area contributed by atoms with Gasteiger partial charge in [-0.15, -0.1) is 0 Å². The summed E-state index contributed by atoms with van der Waals surface area (Å²) >= 11 is 0. The van der Waals surface area contributed by atoms with Crippen LogP contribution >= 0.6 is 0 Å². The standard InChI is InChI=1S/C22H45N/c1-19(2)15-16-22(6)23-17-13-11-9-7-8-10-12-14-21(5)18-20(3)4/h19-21,23H,6-18H2,1-5H3. The molecule has 0 aromatic carbocycles. The molecule has 0 fully saturated rings. The van der Waals surface area contributed by atoms with E-state index in [0.29, 0.717) is 0 Å². The molecule has 1 atom stereocenters. The summed E-state index contributed by atoms with van der Waals surface area (Å²) < 4.78 is 0. The Morgan fingerprint density at radius 2 is 1.30 bits per heavy atom. The third-order valence-electron chi connectivity index (χ3n) is 4.65. The van der Waals surface area contributed by atoms with Gasteiger partial charge in [-0.2, -0.15) is 0 Å². The molecule has 138 valence electrons. The molecular formula is C22H45N. The Morgan fingerprint density at radius 1 is 0.739 bits per heavy atom. The summed E-state index contributed by atoms with van der Waals surface area (Å²) in [4.78, 5) is 0. The average molecular weight is 324 g/mol. The van der Waals surface area contributed by atoms with Crippen LogP contribution in [0.2, 0.25) is 0 Å². The molecule has 23 heavy (non-hydrogen) atoms. The zero-order valence-electron chi connectivity index (χ0n) is 16.9. The second-order valence-electron chi connectivity index (χ2n) is 8.46.